The summed E-state index contributed by atoms with van der Waals surface area (Å²) in [7, 11) is 0. The second-order valence-electron chi connectivity index (χ2n) is 3.50. The molecule has 5 nitrogen and oxygen atoms in total. The highest BCUT2D eigenvalue weighted by Gasteiger charge is 2.28. The molecule has 0 bridgehead atoms. The lowest BCUT2D eigenvalue weighted by Gasteiger charge is -2.34. The Balaban J connectivity index is 2.62. The molecule has 0 aromatic carbocycles. The zero-order valence-electron chi connectivity index (χ0n) is 8.55. The normalized spacial score (nSPS) is 21.8. The van der Waals surface area contributed by atoms with Gasteiger partial charge in [-0.25, -0.2) is 4.79 Å². The molecule has 1 saturated heterocycles. The number of nitrogens with one attached hydrogen (secondary N) is 2. The van der Waals surface area contributed by atoms with E-state index in [2.05, 4.69) is 5.32 Å². The first-order chi connectivity index (χ1) is 6.66. The van der Waals surface area contributed by atoms with E-state index in [0.29, 0.717) is 13.1 Å². The zero-order chi connectivity index (χ0) is 10.6. The van der Waals surface area contributed by atoms with Gasteiger partial charge in [0.25, 0.3) is 0 Å². The van der Waals surface area contributed by atoms with Crippen LogP contribution >= 0.6 is 0 Å². The first kappa shape index (κ1) is 10.8. The number of nitrogens with two attached hydrogens (primary N) is 1. The number of hydrogen-bond donors (Lipinski definition) is 3. The summed E-state index contributed by atoms with van der Waals surface area (Å²) in [6, 6.07) is -0.303. The van der Waals surface area contributed by atoms with Crippen molar-refractivity contribution in [3.05, 3.63) is 0 Å². The molecule has 1 aliphatic rings. The topological polar surface area (TPSA) is 82.2 Å². The van der Waals surface area contributed by atoms with Crippen molar-refractivity contribution in [1.29, 1.82) is 5.41 Å². The Morgan fingerprint density at radius 1 is 1.64 bits per heavy atom. The Morgan fingerprint density at radius 3 is 2.93 bits per heavy atom. The molecule has 1 atom stereocenters. The molecule has 1 aliphatic heterocycles. The second-order valence-corrected chi connectivity index (χ2v) is 3.50. The van der Waals surface area contributed by atoms with E-state index in [0.717, 1.165) is 19.3 Å². The van der Waals surface area contributed by atoms with Gasteiger partial charge in [-0.05, 0) is 26.2 Å². The average molecular weight is 198 g/mol. The number of carbonyl (C=O) groups excluding carboxylic acids is 1. The quantitative estimate of drug-likeness (QED) is 0.446. The summed E-state index contributed by atoms with van der Waals surface area (Å²) in [5.41, 5.74) is 5.45. The molecule has 1 rings (SSSR count). The van der Waals surface area contributed by atoms with Crippen molar-refractivity contribution >= 4 is 11.9 Å². The molecule has 14 heavy (non-hydrogen) atoms. The zero-order valence-corrected chi connectivity index (χ0v) is 8.55. The monoisotopic (exact) mass is 198 g/mol. The molecule has 0 aromatic rings. The average Bonchev–Trinajstić information content (AvgIpc) is 2.18. The van der Waals surface area contributed by atoms with Gasteiger partial charge in [-0.1, -0.05) is 0 Å². The fourth-order valence-electron chi connectivity index (χ4n) is 1.75. The Morgan fingerprint density at radius 2 is 2.36 bits per heavy atom. The van der Waals surface area contributed by atoms with Gasteiger partial charge in [-0.15, -0.1) is 0 Å². The van der Waals surface area contributed by atoms with Gasteiger partial charge in [0.1, 0.15) is 5.84 Å². The Bertz CT molecular complexity index is 229. The molecule has 4 N–H and O–H groups in total. The molecule has 0 aliphatic carbocycles. The minimum atomic E-state index is -0.199. The Labute approximate surface area is 84.1 Å². The molecule has 1 heterocycles. The molecular formula is C9H18N4O. The van der Waals surface area contributed by atoms with Crippen LogP contribution in [-0.2, 0) is 0 Å². The maximum Gasteiger partial charge on any atom is 0.318 e. The molecule has 1 fully saturated rings. The number of hydrogen-bond acceptors (Lipinski definition) is 2. The summed E-state index contributed by atoms with van der Waals surface area (Å²) in [6.07, 6.45) is 2.85. The molecular weight excluding hydrogens is 180 g/mol. The number of piperidine rings is 1. The van der Waals surface area contributed by atoms with Crippen molar-refractivity contribution in [1.82, 2.24) is 10.2 Å². The van der Waals surface area contributed by atoms with E-state index in [1.54, 1.807) is 4.90 Å². The Hall–Kier alpha value is -1.26. The van der Waals surface area contributed by atoms with Gasteiger partial charge in [0.2, 0.25) is 0 Å². The summed E-state index contributed by atoms with van der Waals surface area (Å²) in [5.74, 6) is 0.0935. The van der Waals surface area contributed by atoms with Crippen molar-refractivity contribution in [2.75, 3.05) is 13.1 Å². The first-order valence-electron chi connectivity index (χ1n) is 5.05. The van der Waals surface area contributed by atoms with E-state index in [9.17, 15) is 4.79 Å². The van der Waals surface area contributed by atoms with Crippen LogP contribution in [0.1, 0.15) is 26.2 Å². The van der Waals surface area contributed by atoms with E-state index >= 15 is 0 Å². The lowest BCUT2D eigenvalue weighted by molar-refractivity contribution is 0.172. The highest BCUT2D eigenvalue weighted by atomic mass is 16.2. The van der Waals surface area contributed by atoms with E-state index in [-0.39, 0.29) is 17.9 Å². The van der Waals surface area contributed by atoms with Crippen LogP contribution < -0.4 is 11.1 Å². The number of amidine groups is 1. The van der Waals surface area contributed by atoms with Crippen molar-refractivity contribution in [3.63, 3.8) is 0 Å². The largest absolute Gasteiger partial charge is 0.386 e. The van der Waals surface area contributed by atoms with Gasteiger partial charge in [0.15, 0.2) is 0 Å². The minimum absolute atomic E-state index is 0.0935. The molecule has 0 spiro atoms. The van der Waals surface area contributed by atoms with Gasteiger partial charge in [-0.2, -0.15) is 0 Å². The predicted octanol–water partition coefficient (Wildman–Crippen LogP) is 0.506. The van der Waals surface area contributed by atoms with Gasteiger partial charge in [0, 0.05) is 13.1 Å². The smallest absolute Gasteiger partial charge is 0.318 e. The fourth-order valence-corrected chi connectivity index (χ4v) is 1.75. The van der Waals surface area contributed by atoms with E-state index in [1.165, 1.54) is 0 Å². The number of carbonyl (C=O) groups is 1. The van der Waals surface area contributed by atoms with Crippen molar-refractivity contribution in [3.8, 4) is 0 Å². The van der Waals surface area contributed by atoms with Crippen LogP contribution in [0.3, 0.4) is 0 Å². The number of rotatable bonds is 2. The van der Waals surface area contributed by atoms with Crippen molar-refractivity contribution in [2.45, 2.75) is 32.2 Å². The lowest BCUT2D eigenvalue weighted by Crippen LogP contribution is -2.53. The van der Waals surface area contributed by atoms with Crippen LogP contribution in [-0.4, -0.2) is 35.9 Å². The molecule has 0 aromatic heterocycles. The van der Waals surface area contributed by atoms with Crippen LogP contribution in [0.2, 0.25) is 0 Å². The van der Waals surface area contributed by atoms with E-state index in [1.807, 2.05) is 6.92 Å². The molecule has 1 unspecified atom stereocenters. The molecule has 0 radical (unpaired) electrons. The SMILES string of the molecule is CCNC(=O)N1CCCCC1C(=N)N. The fraction of sp³-hybridized carbons (Fsp3) is 0.778. The van der Waals surface area contributed by atoms with Crippen LogP contribution in [0.5, 0.6) is 0 Å². The van der Waals surface area contributed by atoms with Gasteiger partial charge < -0.3 is 16.0 Å². The second kappa shape index (κ2) is 4.83. The maximum atomic E-state index is 11.6. The summed E-state index contributed by atoms with van der Waals surface area (Å²) in [6.45, 7) is 3.20. The molecule has 5 heteroatoms. The third kappa shape index (κ3) is 2.37. The number of amides is 2. The summed E-state index contributed by atoms with van der Waals surface area (Å²) in [5, 5.41) is 10.1. The maximum absolute atomic E-state index is 11.6. The first-order valence-corrected chi connectivity index (χ1v) is 5.05. The third-order valence-corrected chi connectivity index (χ3v) is 2.45. The highest BCUT2D eigenvalue weighted by Crippen LogP contribution is 2.16. The van der Waals surface area contributed by atoms with E-state index < -0.39 is 0 Å². The number of urea groups is 1. The van der Waals surface area contributed by atoms with E-state index in [4.69, 9.17) is 11.1 Å². The van der Waals surface area contributed by atoms with Crippen LogP contribution in [0, 0.1) is 5.41 Å². The molecule has 80 valence electrons. The standard InChI is InChI=1S/C9H18N4O/c1-2-12-9(14)13-6-4-3-5-7(13)8(10)11/h7H,2-6H2,1H3,(H3,10,11)(H,12,14). The summed E-state index contributed by atoms with van der Waals surface area (Å²) < 4.78 is 0. The van der Waals surface area contributed by atoms with Crippen molar-refractivity contribution < 1.29 is 4.79 Å². The van der Waals surface area contributed by atoms with Crippen LogP contribution in [0.4, 0.5) is 4.79 Å². The highest BCUT2D eigenvalue weighted by molar-refractivity contribution is 5.87. The molecule has 0 saturated carbocycles. The van der Waals surface area contributed by atoms with Crippen molar-refractivity contribution in [2.24, 2.45) is 5.73 Å². The van der Waals surface area contributed by atoms with Gasteiger partial charge in [0.05, 0.1) is 6.04 Å². The molecule has 2 amide bonds. The number of likely N-dealkylation sites (tertiary alicyclic amines) is 1. The van der Waals surface area contributed by atoms with Crippen LogP contribution in [0.15, 0.2) is 0 Å². The lowest BCUT2D eigenvalue weighted by atomic mass is 10.0. The summed E-state index contributed by atoms with van der Waals surface area (Å²) >= 11 is 0. The summed E-state index contributed by atoms with van der Waals surface area (Å²) in [4.78, 5) is 13.2. The van der Waals surface area contributed by atoms with Gasteiger partial charge >= 0.3 is 6.03 Å². The number of nitrogens with zero attached hydrogens (tertiary/aromatic N) is 1. The predicted molar refractivity (Wildman–Crippen MR) is 55.3 cm³/mol. The third-order valence-electron chi connectivity index (χ3n) is 2.45. The van der Waals surface area contributed by atoms with Gasteiger partial charge in [-0.3, -0.25) is 5.41 Å². The minimum Gasteiger partial charge on any atom is -0.386 e. The van der Waals surface area contributed by atoms with Crippen LogP contribution in [0.25, 0.3) is 0 Å². The Kier molecular flexibility index (Phi) is 3.73.